The molecule has 0 aromatic rings. The van der Waals surface area contributed by atoms with Crippen LogP contribution in [0.2, 0.25) is 0 Å². The molecule has 1 aliphatic heterocycles. The van der Waals surface area contributed by atoms with E-state index in [2.05, 4.69) is 19.7 Å². The normalized spacial score (nSPS) is 18.4. The number of hydrogen-bond donors (Lipinski definition) is 2. The zero-order valence-corrected chi connectivity index (χ0v) is 16.3. The second-order valence-electron chi connectivity index (χ2n) is 5.67. The minimum absolute atomic E-state index is 0.0249. The summed E-state index contributed by atoms with van der Waals surface area (Å²) in [4.78, 5) is 13.4. The number of halogens is 1. The van der Waals surface area contributed by atoms with E-state index in [-0.39, 0.29) is 12.7 Å². The first kappa shape index (κ1) is 19.6. The number of ether oxygens (including phenoxy) is 1. The van der Waals surface area contributed by atoms with Gasteiger partial charge in [-0.15, -0.1) is 0 Å². The average molecular weight is 562 g/mol. The number of aliphatic hydroxyl groups excluding tert-OH is 1. The van der Waals surface area contributed by atoms with E-state index in [1.54, 1.807) is 4.90 Å². The third-order valence-corrected chi connectivity index (χ3v) is 2.92. The van der Waals surface area contributed by atoms with E-state index >= 15 is 0 Å². The quantitative estimate of drug-likeness (QED) is 0.506. The van der Waals surface area contributed by atoms with E-state index in [0.717, 1.165) is 0 Å². The minimum atomic E-state index is -0.826. The van der Waals surface area contributed by atoms with Crippen LogP contribution in [0.1, 0.15) is 40.0 Å². The fourth-order valence-electron chi connectivity index (χ4n) is 1.89. The van der Waals surface area contributed by atoms with Crippen LogP contribution in [-0.4, -0.2) is 52.1 Å². The molecule has 19 heavy (non-hydrogen) atoms. The van der Waals surface area contributed by atoms with Crippen LogP contribution in [0.5, 0.6) is 0 Å². The molecule has 0 aromatic carbocycles. The molecule has 1 saturated heterocycles. The summed E-state index contributed by atoms with van der Waals surface area (Å²) >= 11 is 4.01. The number of rotatable bonds is 2. The van der Waals surface area contributed by atoms with Gasteiger partial charge in [0.1, 0.15) is 5.60 Å². The number of nitrogens with zero attached hydrogens (tertiary/aromatic N) is 1. The topological polar surface area (TPSA) is 70.0 Å². The Morgan fingerprint density at radius 3 is 2.21 bits per heavy atom. The first-order valence-electron chi connectivity index (χ1n) is 6.20. The van der Waals surface area contributed by atoms with E-state index in [9.17, 15) is 9.90 Å². The van der Waals surface area contributed by atoms with Crippen molar-refractivity contribution < 1.29 is 34.8 Å². The summed E-state index contributed by atoms with van der Waals surface area (Å²) in [6.45, 7) is 6.42. The van der Waals surface area contributed by atoms with Gasteiger partial charge in [0.05, 0.1) is 5.60 Å². The molecule has 1 amide bonds. The Kier molecular flexibility index (Phi) is 9.01. The van der Waals surface area contributed by atoms with E-state index in [1.165, 1.54) is 0 Å². The van der Waals surface area contributed by atoms with Crippen LogP contribution < -0.4 is 0 Å². The van der Waals surface area contributed by atoms with Crippen LogP contribution in [0.15, 0.2) is 0 Å². The van der Waals surface area contributed by atoms with Gasteiger partial charge in [-0.05, 0) is 40.0 Å². The maximum atomic E-state index is 11.8. The number of amides is 1. The van der Waals surface area contributed by atoms with Crippen molar-refractivity contribution in [3.63, 3.8) is 0 Å². The van der Waals surface area contributed by atoms with Gasteiger partial charge in [-0.3, -0.25) is 0 Å². The van der Waals surface area contributed by atoms with Crippen molar-refractivity contribution in [2.24, 2.45) is 0 Å². The van der Waals surface area contributed by atoms with Crippen LogP contribution in [0.25, 0.3) is 0 Å². The predicted molar refractivity (Wildman–Crippen MR) is 77.7 cm³/mol. The van der Waals surface area contributed by atoms with Crippen LogP contribution in [0, 0.1) is 0 Å². The Bertz CT molecular complexity index is 275. The Hall–Kier alpha value is 0.556. The molecule has 1 aliphatic rings. The molecule has 1 heterocycles. The molecule has 0 aromatic heterocycles. The van der Waals surface area contributed by atoms with Gasteiger partial charge in [0.15, 0.2) is 0 Å². The fraction of sp³-hybridized carbons (Fsp3) is 0.917. The van der Waals surface area contributed by atoms with Crippen LogP contribution in [0.3, 0.4) is 0 Å². The molecule has 0 spiro atoms. The first-order chi connectivity index (χ1) is 8.76. The van der Waals surface area contributed by atoms with Crippen molar-refractivity contribution in [2.75, 3.05) is 19.7 Å². The summed E-state index contributed by atoms with van der Waals surface area (Å²) < 4.78 is 5.26. The van der Waals surface area contributed by atoms with Crippen molar-refractivity contribution in [2.45, 2.75) is 51.2 Å². The van der Waals surface area contributed by atoms with Gasteiger partial charge in [0.25, 0.3) is 0 Å². The molecule has 0 bridgehead atoms. The summed E-state index contributed by atoms with van der Waals surface area (Å²) in [7, 11) is 0. The summed E-state index contributed by atoms with van der Waals surface area (Å²) in [5.74, 6) is 0. The van der Waals surface area contributed by atoms with Crippen molar-refractivity contribution in [1.29, 1.82) is 0 Å². The number of carbonyl (C=O) groups is 1. The Morgan fingerprint density at radius 2 is 1.84 bits per heavy atom. The Balaban J connectivity index is 0.00000154. The molecule has 1 rings (SSSR count). The second-order valence-corrected chi connectivity index (χ2v) is 5.67. The summed E-state index contributed by atoms with van der Waals surface area (Å²) in [6, 6.07) is 0. The molecule has 0 atom stereocenters. The monoisotopic (exact) mass is 564 g/mol. The Labute approximate surface area is 136 Å². The Morgan fingerprint density at radius 1 is 1.37 bits per heavy atom. The number of likely N-dealkylation sites (tertiary alicyclic amines) is 1. The second kappa shape index (κ2) is 8.76. The molecule has 0 aliphatic carbocycles. The van der Waals surface area contributed by atoms with E-state index in [0.29, 0.717) is 32.4 Å². The molecule has 0 unspecified atom stereocenters. The molecule has 2 N–H and O–H groups in total. The molecule has 0 radical (unpaired) electrons. The van der Waals surface area contributed by atoms with Crippen LogP contribution in [0.4, 0.5) is 4.79 Å². The third-order valence-electron chi connectivity index (χ3n) is 2.92. The predicted octanol–water partition coefficient (Wildman–Crippen LogP) is 2.01. The number of carbonyl (C=O) groups excluding carboxylic acids is 1. The number of piperidine rings is 1. The van der Waals surface area contributed by atoms with Gasteiger partial charge < -0.3 is 19.8 Å². The maximum absolute atomic E-state index is 11.8. The van der Waals surface area contributed by atoms with Crippen molar-refractivity contribution in [3.8, 4) is 0 Å². The van der Waals surface area contributed by atoms with Crippen LogP contribution in [-0.2, 0) is 19.8 Å². The molecule has 1 fully saturated rings. The summed E-state index contributed by atoms with van der Waals surface area (Å²) in [6.07, 6.45) is 1.03. The standard InChI is InChI=1S/C12H23NO4.HI.Os/c1-11(2,3)17-10(15)13-7-4-12(16,5-8-13)6-9-14;;/h14,16H,4-9H2,1-3H3;1H;/q;;+1/p-1. The summed E-state index contributed by atoms with van der Waals surface area (Å²) in [5, 5.41) is 18.9. The first-order valence-corrected chi connectivity index (χ1v) is 13.4. The van der Waals surface area contributed by atoms with E-state index in [1.807, 2.05) is 35.8 Å². The van der Waals surface area contributed by atoms with Crippen molar-refractivity contribution in [1.82, 2.24) is 4.90 Å². The molecule has 115 valence electrons. The number of aliphatic hydroxyl groups is 2. The molecule has 7 heteroatoms. The SMILES string of the molecule is CC(C)(C)OC(=O)N1CCC(O)(CCO)CC1.[I][Os]. The molecular formula is C12H23INO4Os. The van der Waals surface area contributed by atoms with E-state index < -0.39 is 11.2 Å². The molecular weight excluding hydrogens is 539 g/mol. The summed E-state index contributed by atoms with van der Waals surface area (Å²) in [5.41, 5.74) is -1.32. The molecule has 5 nitrogen and oxygen atoms in total. The van der Waals surface area contributed by atoms with Crippen molar-refractivity contribution in [3.05, 3.63) is 0 Å². The third kappa shape index (κ3) is 7.79. The fourth-order valence-corrected chi connectivity index (χ4v) is 1.89. The van der Waals surface area contributed by atoms with Crippen LogP contribution >= 0.6 is 19.7 Å². The van der Waals surface area contributed by atoms with Gasteiger partial charge in [-0.1, -0.05) is 0 Å². The van der Waals surface area contributed by atoms with Gasteiger partial charge in [-0.25, -0.2) is 4.79 Å². The zero-order valence-electron chi connectivity index (χ0n) is 11.6. The van der Waals surface area contributed by atoms with Gasteiger partial charge in [-0.2, -0.15) is 0 Å². The van der Waals surface area contributed by atoms with Crippen molar-refractivity contribution >= 4 is 25.8 Å². The van der Waals surface area contributed by atoms with E-state index in [4.69, 9.17) is 9.84 Å². The number of hydrogen-bond acceptors (Lipinski definition) is 4. The zero-order chi connectivity index (χ0) is 15.1. The molecule has 0 saturated carbocycles. The average Bonchev–Trinajstić information content (AvgIpc) is 2.30. The van der Waals surface area contributed by atoms with Gasteiger partial charge >= 0.3 is 40.8 Å². The van der Waals surface area contributed by atoms with Gasteiger partial charge in [0, 0.05) is 19.7 Å². The van der Waals surface area contributed by atoms with Gasteiger partial charge in [0.2, 0.25) is 0 Å².